The fraction of sp³-hybridized carbons (Fsp3) is 0.545. The van der Waals surface area contributed by atoms with E-state index in [4.69, 9.17) is 14.7 Å². The summed E-state index contributed by atoms with van der Waals surface area (Å²) in [6.07, 6.45) is 2.07. The minimum atomic E-state index is 0.620. The van der Waals surface area contributed by atoms with Gasteiger partial charge in [0, 0.05) is 62.8 Å². The fourth-order valence-corrected chi connectivity index (χ4v) is 4.12. The zero-order valence-corrected chi connectivity index (χ0v) is 16.8. The highest BCUT2D eigenvalue weighted by Crippen LogP contribution is 2.17. The van der Waals surface area contributed by atoms with Gasteiger partial charge in [0.05, 0.1) is 18.7 Å². The molecular weight excluding hydrogens is 350 g/mol. The molecule has 150 valence electrons. The normalized spacial score (nSPS) is 21.4. The average molecular weight is 382 g/mol. The smallest absolute Gasteiger partial charge is 0.193 e. The van der Waals surface area contributed by atoms with Crippen molar-refractivity contribution in [3.63, 3.8) is 0 Å². The number of nitrogens with one attached hydrogen (secondary N) is 1. The van der Waals surface area contributed by atoms with Crippen molar-refractivity contribution in [3.05, 3.63) is 42.1 Å². The van der Waals surface area contributed by atoms with Gasteiger partial charge in [0.2, 0.25) is 0 Å². The molecule has 1 atom stereocenters. The van der Waals surface area contributed by atoms with E-state index in [1.165, 1.54) is 11.8 Å². The van der Waals surface area contributed by atoms with Gasteiger partial charge in [0.15, 0.2) is 5.96 Å². The zero-order valence-electron chi connectivity index (χ0n) is 16.8. The van der Waals surface area contributed by atoms with Gasteiger partial charge in [0.25, 0.3) is 0 Å². The van der Waals surface area contributed by atoms with Crippen molar-refractivity contribution in [2.24, 2.45) is 4.99 Å². The summed E-state index contributed by atoms with van der Waals surface area (Å²) in [5.41, 5.74) is 2.16. The molecule has 0 amide bonds. The van der Waals surface area contributed by atoms with Gasteiger partial charge in [-0.3, -0.25) is 14.9 Å². The van der Waals surface area contributed by atoms with Crippen molar-refractivity contribution < 1.29 is 4.74 Å². The van der Waals surface area contributed by atoms with E-state index in [-0.39, 0.29) is 0 Å². The summed E-state index contributed by atoms with van der Waals surface area (Å²) in [5.74, 6) is 1.04. The molecule has 2 fully saturated rings. The Hall–Kier alpha value is -2.18. The third-order valence-corrected chi connectivity index (χ3v) is 5.65. The Labute approximate surface area is 167 Å². The lowest BCUT2D eigenvalue weighted by Crippen LogP contribution is -2.46. The second kappa shape index (κ2) is 9.34. The van der Waals surface area contributed by atoms with Gasteiger partial charge in [0.1, 0.15) is 0 Å². The van der Waals surface area contributed by atoms with Gasteiger partial charge in [-0.25, -0.2) is 0 Å². The van der Waals surface area contributed by atoms with Crippen LogP contribution in [0.5, 0.6) is 0 Å². The Morgan fingerprint density at radius 1 is 1.18 bits per heavy atom. The zero-order chi connectivity index (χ0) is 19.2. The van der Waals surface area contributed by atoms with Crippen LogP contribution < -0.4 is 5.32 Å². The van der Waals surface area contributed by atoms with Crippen LogP contribution in [0.3, 0.4) is 0 Å². The first-order valence-corrected chi connectivity index (χ1v) is 10.5. The molecule has 4 rings (SSSR count). The predicted octanol–water partition coefficient (Wildman–Crippen LogP) is 2.15. The van der Waals surface area contributed by atoms with E-state index >= 15 is 0 Å². The van der Waals surface area contributed by atoms with Gasteiger partial charge in [-0.1, -0.05) is 24.3 Å². The SMILES string of the molecule is CCNC(=NCCc1ccc2ccccc2n1)N1CCC(N2CCOCC2)C1. The number of ether oxygens (including phenoxy) is 1. The average Bonchev–Trinajstić information content (AvgIpc) is 3.24. The molecule has 2 aliphatic rings. The monoisotopic (exact) mass is 381 g/mol. The molecule has 3 heterocycles. The highest BCUT2D eigenvalue weighted by atomic mass is 16.5. The Morgan fingerprint density at radius 2 is 2.04 bits per heavy atom. The molecule has 0 saturated carbocycles. The number of hydrogen-bond donors (Lipinski definition) is 1. The third kappa shape index (κ3) is 4.62. The van der Waals surface area contributed by atoms with Crippen molar-refractivity contribution in [1.29, 1.82) is 0 Å². The van der Waals surface area contributed by atoms with Gasteiger partial charge < -0.3 is 15.0 Å². The van der Waals surface area contributed by atoms with Crippen LogP contribution in [0.1, 0.15) is 19.0 Å². The highest BCUT2D eigenvalue weighted by molar-refractivity contribution is 5.80. The van der Waals surface area contributed by atoms with Crippen LogP contribution in [0.2, 0.25) is 0 Å². The van der Waals surface area contributed by atoms with Crippen LogP contribution in [-0.2, 0) is 11.2 Å². The third-order valence-electron chi connectivity index (χ3n) is 5.65. The number of aliphatic imine (C=N–C) groups is 1. The quantitative estimate of drug-likeness (QED) is 0.635. The number of rotatable bonds is 5. The van der Waals surface area contributed by atoms with Crippen LogP contribution in [0.15, 0.2) is 41.4 Å². The number of hydrogen-bond acceptors (Lipinski definition) is 4. The van der Waals surface area contributed by atoms with Crippen molar-refractivity contribution in [2.45, 2.75) is 25.8 Å². The highest BCUT2D eigenvalue weighted by Gasteiger charge is 2.30. The maximum Gasteiger partial charge on any atom is 0.193 e. The number of benzene rings is 1. The van der Waals surface area contributed by atoms with Crippen molar-refractivity contribution in [2.75, 3.05) is 52.5 Å². The van der Waals surface area contributed by atoms with Gasteiger partial charge >= 0.3 is 0 Å². The van der Waals surface area contributed by atoms with E-state index in [1.807, 2.05) is 6.07 Å². The second-order valence-corrected chi connectivity index (χ2v) is 7.52. The second-order valence-electron chi connectivity index (χ2n) is 7.52. The van der Waals surface area contributed by atoms with Gasteiger partial charge in [-0.15, -0.1) is 0 Å². The molecule has 6 heteroatoms. The van der Waals surface area contributed by atoms with Crippen molar-refractivity contribution in [3.8, 4) is 0 Å². The summed E-state index contributed by atoms with van der Waals surface area (Å²) >= 11 is 0. The molecule has 1 aromatic carbocycles. The lowest BCUT2D eigenvalue weighted by atomic mass is 10.2. The first-order valence-electron chi connectivity index (χ1n) is 10.5. The van der Waals surface area contributed by atoms with E-state index in [9.17, 15) is 0 Å². The van der Waals surface area contributed by atoms with Crippen molar-refractivity contribution >= 4 is 16.9 Å². The van der Waals surface area contributed by atoms with E-state index < -0.39 is 0 Å². The molecule has 6 nitrogen and oxygen atoms in total. The topological polar surface area (TPSA) is 53.0 Å². The maximum absolute atomic E-state index is 5.50. The molecule has 2 saturated heterocycles. The molecule has 2 aromatic rings. The minimum absolute atomic E-state index is 0.620. The molecule has 28 heavy (non-hydrogen) atoms. The minimum Gasteiger partial charge on any atom is -0.379 e. The molecule has 0 aliphatic carbocycles. The Kier molecular flexibility index (Phi) is 6.39. The largest absolute Gasteiger partial charge is 0.379 e. The predicted molar refractivity (Wildman–Crippen MR) is 114 cm³/mol. The van der Waals surface area contributed by atoms with Crippen LogP contribution in [0, 0.1) is 0 Å². The molecule has 0 spiro atoms. The molecule has 1 N–H and O–H groups in total. The standard InChI is InChI=1S/C22H31N5O/c1-2-23-22(27-12-10-20(17-27)26-13-15-28-16-14-26)24-11-9-19-8-7-18-5-3-4-6-21(18)25-19/h3-8,20H,2,9-17H2,1H3,(H,23,24). The Morgan fingerprint density at radius 3 is 2.89 bits per heavy atom. The molecule has 0 bridgehead atoms. The van der Waals surface area contributed by atoms with E-state index in [2.05, 4.69) is 52.4 Å². The first kappa shape index (κ1) is 19.2. The number of aromatic nitrogens is 1. The van der Waals surface area contributed by atoms with Crippen LogP contribution in [0.4, 0.5) is 0 Å². The first-order chi connectivity index (χ1) is 13.8. The van der Waals surface area contributed by atoms with Crippen LogP contribution >= 0.6 is 0 Å². The number of nitrogens with zero attached hydrogens (tertiary/aromatic N) is 4. The molecule has 2 aliphatic heterocycles. The fourth-order valence-electron chi connectivity index (χ4n) is 4.12. The Balaban J connectivity index is 1.36. The summed E-state index contributed by atoms with van der Waals surface area (Å²) in [6, 6.07) is 13.2. The maximum atomic E-state index is 5.50. The number of pyridine rings is 1. The molecular formula is C22H31N5O. The van der Waals surface area contributed by atoms with E-state index in [0.717, 1.165) is 76.1 Å². The van der Waals surface area contributed by atoms with Gasteiger partial charge in [-0.05, 0) is 25.5 Å². The lowest BCUT2D eigenvalue weighted by Gasteiger charge is -2.32. The number of morpholine rings is 1. The van der Waals surface area contributed by atoms with Crippen LogP contribution in [0.25, 0.3) is 10.9 Å². The summed E-state index contributed by atoms with van der Waals surface area (Å²) in [7, 11) is 0. The summed E-state index contributed by atoms with van der Waals surface area (Å²) in [6.45, 7) is 9.75. The Bertz CT molecular complexity index is 802. The van der Waals surface area contributed by atoms with Crippen LogP contribution in [-0.4, -0.2) is 79.3 Å². The van der Waals surface area contributed by atoms with E-state index in [1.54, 1.807) is 0 Å². The molecule has 0 radical (unpaired) electrons. The van der Waals surface area contributed by atoms with E-state index in [0.29, 0.717) is 6.04 Å². The number of fused-ring (bicyclic) bond motifs is 1. The summed E-state index contributed by atoms with van der Waals surface area (Å²) in [4.78, 5) is 14.7. The van der Waals surface area contributed by atoms with Crippen molar-refractivity contribution in [1.82, 2.24) is 20.1 Å². The molecule has 1 aromatic heterocycles. The summed E-state index contributed by atoms with van der Waals surface area (Å²) < 4.78 is 5.50. The summed E-state index contributed by atoms with van der Waals surface area (Å²) in [5, 5.41) is 4.67. The lowest BCUT2D eigenvalue weighted by molar-refractivity contribution is 0.0195. The molecule has 1 unspecified atom stereocenters. The van der Waals surface area contributed by atoms with Gasteiger partial charge in [-0.2, -0.15) is 0 Å². The number of likely N-dealkylation sites (tertiary alicyclic amines) is 1. The number of para-hydroxylation sites is 1. The number of guanidine groups is 1.